The summed E-state index contributed by atoms with van der Waals surface area (Å²) in [6.45, 7) is 3.25. The summed E-state index contributed by atoms with van der Waals surface area (Å²) >= 11 is 0. The molecule has 0 amide bonds. The Hall–Kier alpha value is -1.21. The van der Waals surface area contributed by atoms with Crippen LogP contribution in [0.1, 0.15) is 13.8 Å². The molecule has 17 heavy (non-hydrogen) atoms. The van der Waals surface area contributed by atoms with E-state index in [4.69, 9.17) is 5.73 Å². The molecule has 0 spiro atoms. The van der Waals surface area contributed by atoms with Crippen LogP contribution >= 0.6 is 0 Å². The van der Waals surface area contributed by atoms with Crippen LogP contribution < -0.4 is 5.73 Å². The number of nitrogen functional groups attached to an aromatic ring is 1. The van der Waals surface area contributed by atoms with Gasteiger partial charge in [-0.25, -0.2) is 17.2 Å². The van der Waals surface area contributed by atoms with E-state index in [0.717, 1.165) is 16.4 Å². The lowest BCUT2D eigenvalue weighted by molar-refractivity contribution is 0.403. The van der Waals surface area contributed by atoms with E-state index >= 15 is 0 Å². The summed E-state index contributed by atoms with van der Waals surface area (Å²) in [7, 11) is -2.78. The number of rotatable bonds is 3. The molecule has 0 saturated heterocycles. The molecule has 0 fully saturated rings. The number of nitrogens with zero attached hydrogens (tertiary/aromatic N) is 1. The van der Waals surface area contributed by atoms with Gasteiger partial charge in [0.2, 0.25) is 10.0 Å². The van der Waals surface area contributed by atoms with Crippen molar-refractivity contribution >= 4 is 15.7 Å². The highest BCUT2D eigenvalue weighted by atomic mass is 32.2. The first-order chi connectivity index (χ1) is 7.67. The Balaban J connectivity index is 3.44. The summed E-state index contributed by atoms with van der Waals surface area (Å²) in [6, 6.07) is 1.28. The van der Waals surface area contributed by atoms with Gasteiger partial charge in [-0.3, -0.25) is 0 Å². The Bertz CT molecular complexity index is 529. The van der Waals surface area contributed by atoms with Gasteiger partial charge >= 0.3 is 0 Å². The Labute approximate surface area is 99.1 Å². The predicted molar refractivity (Wildman–Crippen MR) is 60.9 cm³/mol. The summed E-state index contributed by atoms with van der Waals surface area (Å²) in [5.74, 6) is -2.69. The maximum Gasteiger partial charge on any atom is 0.246 e. The van der Waals surface area contributed by atoms with Crippen molar-refractivity contribution < 1.29 is 17.2 Å². The first-order valence-electron chi connectivity index (χ1n) is 4.90. The molecular weight excluding hydrogens is 250 g/mol. The quantitative estimate of drug-likeness (QED) is 0.843. The van der Waals surface area contributed by atoms with E-state index in [1.54, 1.807) is 13.8 Å². The minimum Gasteiger partial charge on any atom is -0.399 e. The van der Waals surface area contributed by atoms with Gasteiger partial charge < -0.3 is 5.73 Å². The van der Waals surface area contributed by atoms with Crippen LogP contribution in [0.5, 0.6) is 0 Å². The second kappa shape index (κ2) is 4.58. The minimum atomic E-state index is -4.08. The van der Waals surface area contributed by atoms with E-state index < -0.39 is 26.6 Å². The van der Waals surface area contributed by atoms with Crippen molar-refractivity contribution in [3.63, 3.8) is 0 Å². The number of hydrogen-bond donors (Lipinski definition) is 1. The number of anilines is 1. The van der Waals surface area contributed by atoms with E-state index in [1.807, 2.05) is 0 Å². The minimum absolute atomic E-state index is 0.139. The Kier molecular flexibility index (Phi) is 3.73. The number of hydrogen-bond acceptors (Lipinski definition) is 3. The fraction of sp³-hybridized carbons (Fsp3) is 0.400. The van der Waals surface area contributed by atoms with Crippen molar-refractivity contribution in [1.82, 2.24) is 4.31 Å². The number of halogens is 2. The molecule has 0 radical (unpaired) electrons. The third-order valence-corrected chi connectivity index (χ3v) is 4.43. The zero-order chi connectivity index (χ0) is 13.4. The summed E-state index contributed by atoms with van der Waals surface area (Å²) in [5, 5.41) is 0. The van der Waals surface area contributed by atoms with Gasteiger partial charge in [-0.2, -0.15) is 4.31 Å². The largest absolute Gasteiger partial charge is 0.399 e. The van der Waals surface area contributed by atoms with E-state index in [1.165, 1.54) is 7.05 Å². The maximum atomic E-state index is 13.5. The number of sulfonamides is 1. The van der Waals surface area contributed by atoms with Crippen molar-refractivity contribution in [3.05, 3.63) is 23.8 Å². The molecule has 0 aliphatic carbocycles. The third kappa shape index (κ3) is 2.55. The lowest BCUT2D eigenvalue weighted by atomic mass is 10.3. The molecule has 0 aliphatic heterocycles. The molecule has 1 aromatic rings. The fourth-order valence-electron chi connectivity index (χ4n) is 1.20. The van der Waals surface area contributed by atoms with E-state index in [9.17, 15) is 17.2 Å². The molecule has 1 rings (SSSR count). The highest BCUT2D eigenvalue weighted by Crippen LogP contribution is 2.24. The average Bonchev–Trinajstić information content (AvgIpc) is 2.21. The van der Waals surface area contributed by atoms with Crippen LogP contribution in [0.3, 0.4) is 0 Å². The Morgan fingerprint density at radius 1 is 1.29 bits per heavy atom. The second-order valence-corrected chi connectivity index (χ2v) is 5.90. The number of benzene rings is 1. The van der Waals surface area contributed by atoms with Gasteiger partial charge in [-0.05, 0) is 26.0 Å². The van der Waals surface area contributed by atoms with Gasteiger partial charge in [0.05, 0.1) is 0 Å². The number of nitrogens with two attached hydrogens (primary N) is 1. The molecule has 2 N–H and O–H groups in total. The van der Waals surface area contributed by atoms with Gasteiger partial charge in [0.15, 0.2) is 11.6 Å². The third-order valence-electron chi connectivity index (χ3n) is 2.40. The van der Waals surface area contributed by atoms with Crippen LogP contribution in [0.15, 0.2) is 17.0 Å². The lowest BCUT2D eigenvalue weighted by Crippen LogP contribution is -2.33. The predicted octanol–water partition coefficient (Wildman–Crippen LogP) is 1.58. The topological polar surface area (TPSA) is 63.4 Å². The second-order valence-electron chi connectivity index (χ2n) is 3.93. The van der Waals surface area contributed by atoms with Crippen LogP contribution in [0, 0.1) is 11.6 Å². The van der Waals surface area contributed by atoms with E-state index in [-0.39, 0.29) is 11.7 Å². The average molecular weight is 264 g/mol. The van der Waals surface area contributed by atoms with Crippen molar-refractivity contribution in [2.75, 3.05) is 12.8 Å². The zero-order valence-corrected chi connectivity index (χ0v) is 10.6. The van der Waals surface area contributed by atoms with Crippen LogP contribution in [0.2, 0.25) is 0 Å². The Morgan fingerprint density at radius 3 is 2.29 bits per heavy atom. The molecule has 0 aromatic heterocycles. The molecule has 0 heterocycles. The van der Waals surface area contributed by atoms with Crippen molar-refractivity contribution in [2.45, 2.75) is 24.8 Å². The van der Waals surface area contributed by atoms with Gasteiger partial charge in [-0.15, -0.1) is 0 Å². The van der Waals surface area contributed by atoms with Crippen LogP contribution in [-0.2, 0) is 10.0 Å². The smallest absolute Gasteiger partial charge is 0.246 e. The highest BCUT2D eigenvalue weighted by Gasteiger charge is 2.28. The van der Waals surface area contributed by atoms with Gasteiger partial charge in [0.1, 0.15) is 4.90 Å². The summed E-state index contributed by atoms with van der Waals surface area (Å²) in [5.41, 5.74) is 5.17. The molecular formula is C10H14F2N2O2S. The van der Waals surface area contributed by atoms with Crippen LogP contribution in [-0.4, -0.2) is 25.8 Å². The molecule has 0 aliphatic rings. The molecule has 0 unspecified atom stereocenters. The maximum absolute atomic E-state index is 13.5. The SMILES string of the molecule is CC(C)N(C)S(=O)(=O)c1cc(N)cc(F)c1F. The van der Waals surface area contributed by atoms with Crippen molar-refractivity contribution in [3.8, 4) is 0 Å². The summed E-state index contributed by atoms with van der Waals surface area (Å²) in [6.07, 6.45) is 0. The first kappa shape index (κ1) is 13.9. The molecule has 0 saturated carbocycles. The van der Waals surface area contributed by atoms with Gasteiger partial charge in [0.25, 0.3) is 0 Å². The highest BCUT2D eigenvalue weighted by molar-refractivity contribution is 7.89. The monoisotopic (exact) mass is 264 g/mol. The van der Waals surface area contributed by atoms with Crippen LogP contribution in [0.4, 0.5) is 14.5 Å². The molecule has 7 heteroatoms. The fourth-order valence-corrected chi connectivity index (χ4v) is 2.68. The first-order valence-corrected chi connectivity index (χ1v) is 6.34. The van der Waals surface area contributed by atoms with E-state index in [2.05, 4.69) is 0 Å². The van der Waals surface area contributed by atoms with Crippen molar-refractivity contribution in [1.29, 1.82) is 0 Å². The molecule has 4 nitrogen and oxygen atoms in total. The molecule has 0 atom stereocenters. The normalized spacial score (nSPS) is 12.4. The molecule has 1 aromatic carbocycles. The Morgan fingerprint density at radius 2 is 1.82 bits per heavy atom. The van der Waals surface area contributed by atoms with Gasteiger partial charge in [-0.1, -0.05) is 0 Å². The summed E-state index contributed by atoms with van der Waals surface area (Å²) in [4.78, 5) is -0.744. The van der Waals surface area contributed by atoms with Crippen LogP contribution in [0.25, 0.3) is 0 Å². The molecule has 0 bridgehead atoms. The van der Waals surface area contributed by atoms with E-state index in [0.29, 0.717) is 0 Å². The lowest BCUT2D eigenvalue weighted by Gasteiger charge is -2.21. The van der Waals surface area contributed by atoms with Crippen molar-refractivity contribution in [2.24, 2.45) is 0 Å². The molecule has 96 valence electrons. The summed E-state index contributed by atoms with van der Waals surface area (Å²) < 4.78 is 51.4. The zero-order valence-electron chi connectivity index (χ0n) is 9.74. The van der Waals surface area contributed by atoms with Gasteiger partial charge in [0, 0.05) is 18.8 Å². The standard InChI is InChI=1S/C10H14F2N2O2S/c1-6(2)14(3)17(15,16)9-5-7(13)4-8(11)10(9)12/h4-6H,13H2,1-3H3.